The third-order valence-corrected chi connectivity index (χ3v) is 4.47. The summed E-state index contributed by atoms with van der Waals surface area (Å²) in [5, 5.41) is 12.1. The maximum atomic E-state index is 12.5. The first kappa shape index (κ1) is 14.3. The average Bonchev–Trinajstić information content (AvgIpc) is 2.89. The van der Waals surface area contributed by atoms with Crippen molar-refractivity contribution in [3.05, 3.63) is 0 Å². The zero-order valence-electron chi connectivity index (χ0n) is 11.1. The monoisotopic (exact) mass is 270 g/mol. The maximum Gasteiger partial charge on any atom is 0.331 e. The van der Waals surface area contributed by atoms with Crippen LogP contribution in [0.3, 0.4) is 0 Å². The molecule has 6 heteroatoms. The number of rotatable bonds is 4. The fourth-order valence-electron chi connectivity index (χ4n) is 2.99. The molecule has 2 rings (SSSR count). The van der Waals surface area contributed by atoms with Crippen molar-refractivity contribution in [2.45, 2.75) is 44.1 Å². The van der Waals surface area contributed by atoms with Crippen molar-refractivity contribution in [3.8, 4) is 0 Å². The SMILES string of the molecule is NCC1(C(=O)NC2(C(=O)O)CCOC2)CCCCC1. The van der Waals surface area contributed by atoms with Gasteiger partial charge in [-0.05, 0) is 12.8 Å². The fourth-order valence-corrected chi connectivity index (χ4v) is 2.99. The number of carbonyl (C=O) groups excluding carboxylic acids is 1. The zero-order valence-corrected chi connectivity index (χ0v) is 11.1. The van der Waals surface area contributed by atoms with Crippen LogP contribution in [0.15, 0.2) is 0 Å². The molecule has 1 heterocycles. The van der Waals surface area contributed by atoms with Crippen LogP contribution in [0, 0.1) is 5.41 Å². The predicted octanol–water partition coefficient (Wildman–Crippen LogP) is 0.255. The second-order valence-electron chi connectivity index (χ2n) is 5.69. The maximum absolute atomic E-state index is 12.5. The molecule has 0 aromatic carbocycles. The van der Waals surface area contributed by atoms with Gasteiger partial charge in [-0.3, -0.25) is 4.79 Å². The Labute approximate surface area is 112 Å². The Morgan fingerprint density at radius 2 is 1.89 bits per heavy atom. The number of carbonyl (C=O) groups is 2. The highest BCUT2D eigenvalue weighted by molar-refractivity contribution is 5.90. The highest BCUT2D eigenvalue weighted by Gasteiger charge is 2.48. The average molecular weight is 270 g/mol. The van der Waals surface area contributed by atoms with Gasteiger partial charge in [0.15, 0.2) is 5.54 Å². The summed E-state index contributed by atoms with van der Waals surface area (Å²) >= 11 is 0. The lowest BCUT2D eigenvalue weighted by Gasteiger charge is -2.37. The second kappa shape index (κ2) is 5.46. The first-order valence-electron chi connectivity index (χ1n) is 6.89. The first-order valence-corrected chi connectivity index (χ1v) is 6.89. The Hall–Kier alpha value is -1.14. The number of amides is 1. The minimum absolute atomic E-state index is 0.0364. The van der Waals surface area contributed by atoms with Crippen molar-refractivity contribution in [2.75, 3.05) is 19.8 Å². The minimum atomic E-state index is -1.27. The molecule has 19 heavy (non-hydrogen) atoms. The van der Waals surface area contributed by atoms with E-state index in [0.29, 0.717) is 13.0 Å². The predicted molar refractivity (Wildman–Crippen MR) is 68.5 cm³/mol. The minimum Gasteiger partial charge on any atom is -0.479 e. The van der Waals surface area contributed by atoms with Crippen LogP contribution in [0.4, 0.5) is 0 Å². The van der Waals surface area contributed by atoms with Gasteiger partial charge in [0.25, 0.3) is 0 Å². The van der Waals surface area contributed by atoms with E-state index in [2.05, 4.69) is 5.32 Å². The van der Waals surface area contributed by atoms with Crippen molar-refractivity contribution in [2.24, 2.45) is 11.1 Å². The van der Waals surface area contributed by atoms with Crippen LogP contribution in [-0.4, -0.2) is 42.3 Å². The van der Waals surface area contributed by atoms with E-state index in [1.165, 1.54) is 0 Å². The molecule has 2 fully saturated rings. The molecule has 1 aliphatic heterocycles. The van der Waals surface area contributed by atoms with E-state index < -0.39 is 16.9 Å². The number of nitrogens with two attached hydrogens (primary N) is 1. The molecule has 108 valence electrons. The quantitative estimate of drug-likeness (QED) is 0.680. The normalized spacial score (nSPS) is 29.9. The van der Waals surface area contributed by atoms with Gasteiger partial charge in [0.1, 0.15) is 0 Å². The van der Waals surface area contributed by atoms with Crippen molar-refractivity contribution >= 4 is 11.9 Å². The smallest absolute Gasteiger partial charge is 0.331 e. The first-order chi connectivity index (χ1) is 9.05. The molecule has 1 amide bonds. The fraction of sp³-hybridized carbons (Fsp3) is 0.846. The van der Waals surface area contributed by atoms with Crippen LogP contribution >= 0.6 is 0 Å². The van der Waals surface area contributed by atoms with Crippen LogP contribution in [0.2, 0.25) is 0 Å². The number of ether oxygens (including phenoxy) is 1. The number of aliphatic carboxylic acids is 1. The third-order valence-electron chi connectivity index (χ3n) is 4.47. The van der Waals surface area contributed by atoms with E-state index in [1.807, 2.05) is 0 Å². The van der Waals surface area contributed by atoms with Crippen molar-refractivity contribution in [1.29, 1.82) is 0 Å². The van der Waals surface area contributed by atoms with E-state index in [0.717, 1.165) is 32.1 Å². The van der Waals surface area contributed by atoms with Gasteiger partial charge in [0, 0.05) is 19.6 Å². The summed E-state index contributed by atoms with van der Waals surface area (Å²) in [6.07, 6.45) is 4.86. The lowest BCUT2D eigenvalue weighted by molar-refractivity contribution is -0.150. The molecule has 1 aliphatic carbocycles. The van der Waals surface area contributed by atoms with Gasteiger partial charge < -0.3 is 20.9 Å². The van der Waals surface area contributed by atoms with Gasteiger partial charge in [-0.1, -0.05) is 19.3 Å². The molecule has 2 aliphatic rings. The van der Waals surface area contributed by atoms with Crippen LogP contribution in [-0.2, 0) is 14.3 Å². The van der Waals surface area contributed by atoms with Gasteiger partial charge >= 0.3 is 5.97 Å². The Morgan fingerprint density at radius 3 is 2.37 bits per heavy atom. The molecular formula is C13H22N2O4. The van der Waals surface area contributed by atoms with E-state index in [1.54, 1.807) is 0 Å². The Morgan fingerprint density at radius 1 is 1.21 bits per heavy atom. The third kappa shape index (κ3) is 2.60. The highest BCUT2D eigenvalue weighted by Crippen LogP contribution is 2.36. The molecule has 0 bridgehead atoms. The molecule has 6 nitrogen and oxygen atoms in total. The molecule has 4 N–H and O–H groups in total. The van der Waals surface area contributed by atoms with Gasteiger partial charge in [-0.2, -0.15) is 0 Å². The summed E-state index contributed by atoms with van der Waals surface area (Å²) in [5.74, 6) is -1.25. The molecule has 1 saturated heterocycles. The van der Waals surface area contributed by atoms with E-state index in [4.69, 9.17) is 10.5 Å². The van der Waals surface area contributed by atoms with Crippen LogP contribution < -0.4 is 11.1 Å². The van der Waals surface area contributed by atoms with Gasteiger partial charge in [-0.15, -0.1) is 0 Å². The lowest BCUT2D eigenvalue weighted by Crippen LogP contribution is -2.60. The molecule has 1 unspecified atom stereocenters. The second-order valence-corrected chi connectivity index (χ2v) is 5.69. The Balaban J connectivity index is 2.12. The van der Waals surface area contributed by atoms with E-state index in [-0.39, 0.29) is 19.1 Å². The topological polar surface area (TPSA) is 102 Å². The number of nitrogens with one attached hydrogen (secondary N) is 1. The Kier molecular flexibility index (Phi) is 4.10. The molecule has 0 aromatic rings. The summed E-state index contributed by atoms with van der Waals surface area (Å²) in [7, 11) is 0. The summed E-state index contributed by atoms with van der Waals surface area (Å²) in [6, 6.07) is 0. The summed E-state index contributed by atoms with van der Waals surface area (Å²) < 4.78 is 5.15. The standard InChI is InChI=1S/C13H22N2O4/c14-8-12(4-2-1-3-5-12)10(16)15-13(11(17)18)6-7-19-9-13/h1-9,14H2,(H,15,16)(H,17,18). The van der Waals surface area contributed by atoms with Crippen molar-refractivity contribution < 1.29 is 19.4 Å². The molecule has 1 saturated carbocycles. The van der Waals surface area contributed by atoms with Gasteiger partial charge in [-0.25, -0.2) is 4.79 Å². The molecule has 0 aromatic heterocycles. The van der Waals surface area contributed by atoms with E-state index in [9.17, 15) is 14.7 Å². The summed E-state index contributed by atoms with van der Waals surface area (Å²) in [5.41, 5.74) is 3.93. The lowest BCUT2D eigenvalue weighted by atomic mass is 9.73. The highest BCUT2D eigenvalue weighted by atomic mass is 16.5. The largest absolute Gasteiger partial charge is 0.479 e. The molecular weight excluding hydrogens is 248 g/mol. The summed E-state index contributed by atoms with van der Waals surface area (Å²) in [4.78, 5) is 23.9. The number of hydrogen-bond donors (Lipinski definition) is 3. The van der Waals surface area contributed by atoms with Crippen molar-refractivity contribution in [1.82, 2.24) is 5.32 Å². The Bertz CT molecular complexity index is 358. The summed E-state index contributed by atoms with van der Waals surface area (Å²) in [6.45, 7) is 0.673. The van der Waals surface area contributed by atoms with Crippen LogP contribution in [0.25, 0.3) is 0 Å². The molecule has 1 atom stereocenters. The van der Waals surface area contributed by atoms with Crippen molar-refractivity contribution in [3.63, 3.8) is 0 Å². The van der Waals surface area contributed by atoms with Crippen LogP contribution in [0.1, 0.15) is 38.5 Å². The number of carboxylic acids is 1. The zero-order chi connectivity index (χ0) is 13.9. The molecule has 0 radical (unpaired) electrons. The molecule has 0 spiro atoms. The van der Waals surface area contributed by atoms with Crippen LogP contribution in [0.5, 0.6) is 0 Å². The number of hydrogen-bond acceptors (Lipinski definition) is 4. The van der Waals surface area contributed by atoms with Gasteiger partial charge in [0.05, 0.1) is 12.0 Å². The van der Waals surface area contributed by atoms with Gasteiger partial charge in [0.2, 0.25) is 5.91 Å². The number of carboxylic acid groups (broad SMARTS) is 1. The van der Waals surface area contributed by atoms with E-state index >= 15 is 0 Å².